The van der Waals surface area contributed by atoms with Crippen molar-refractivity contribution in [1.82, 2.24) is 24.5 Å². The van der Waals surface area contributed by atoms with Crippen LogP contribution in [0, 0.1) is 6.92 Å². The van der Waals surface area contributed by atoms with Crippen molar-refractivity contribution in [2.75, 3.05) is 13.1 Å². The van der Waals surface area contributed by atoms with E-state index >= 15 is 0 Å². The predicted molar refractivity (Wildman–Crippen MR) is 98.9 cm³/mol. The van der Waals surface area contributed by atoms with E-state index in [0.717, 1.165) is 11.4 Å². The summed E-state index contributed by atoms with van der Waals surface area (Å²) in [6.45, 7) is 6.41. The van der Waals surface area contributed by atoms with Gasteiger partial charge in [-0.1, -0.05) is 18.2 Å². The Balaban J connectivity index is 0.000000613. The highest BCUT2D eigenvalue weighted by molar-refractivity contribution is 5.63. The van der Waals surface area contributed by atoms with E-state index in [4.69, 9.17) is 9.90 Å². The molecule has 1 aliphatic heterocycles. The number of likely N-dealkylation sites (tertiary alicyclic amines) is 1. The van der Waals surface area contributed by atoms with Crippen molar-refractivity contribution in [2.24, 2.45) is 0 Å². The highest BCUT2D eigenvalue weighted by Crippen LogP contribution is 2.28. The van der Waals surface area contributed by atoms with E-state index in [9.17, 15) is 0 Å². The number of fused-ring (bicyclic) bond motifs is 1. The van der Waals surface area contributed by atoms with Gasteiger partial charge in [0, 0.05) is 24.0 Å². The maximum atomic E-state index is 8.36. The molecule has 136 valence electrons. The Kier molecular flexibility index (Phi) is 5.58. The average molecular weight is 353 g/mol. The molecule has 2 aromatic heterocycles. The molecule has 0 radical (unpaired) electrons. The first-order chi connectivity index (χ1) is 12.6. The van der Waals surface area contributed by atoms with E-state index in [1.165, 1.54) is 37.1 Å². The molecular weight excluding hydrogens is 330 g/mol. The number of carboxylic acid groups (broad SMARTS) is 1. The van der Waals surface area contributed by atoms with Crippen molar-refractivity contribution in [3.05, 3.63) is 48.0 Å². The van der Waals surface area contributed by atoms with Crippen molar-refractivity contribution < 1.29 is 9.90 Å². The van der Waals surface area contributed by atoms with Gasteiger partial charge in [-0.3, -0.25) is 14.1 Å². The second-order valence-corrected chi connectivity index (χ2v) is 6.41. The van der Waals surface area contributed by atoms with Gasteiger partial charge < -0.3 is 5.11 Å². The van der Waals surface area contributed by atoms with Crippen LogP contribution in [0.5, 0.6) is 0 Å². The topological polar surface area (TPSA) is 83.6 Å². The Morgan fingerprint density at radius 2 is 1.92 bits per heavy atom. The van der Waals surface area contributed by atoms with Crippen LogP contribution in [0.3, 0.4) is 0 Å². The van der Waals surface area contributed by atoms with Gasteiger partial charge in [0.1, 0.15) is 5.82 Å². The molecule has 7 heteroatoms. The van der Waals surface area contributed by atoms with Gasteiger partial charge in [-0.25, -0.2) is 4.98 Å². The van der Waals surface area contributed by atoms with Crippen LogP contribution in [0.4, 0.5) is 0 Å². The minimum atomic E-state index is -0.250. The molecule has 0 amide bonds. The highest BCUT2D eigenvalue weighted by atomic mass is 16.3. The monoisotopic (exact) mass is 353 g/mol. The third-order valence-corrected chi connectivity index (χ3v) is 4.83. The summed E-state index contributed by atoms with van der Waals surface area (Å²) in [6.07, 6.45) is 6.58. The van der Waals surface area contributed by atoms with Gasteiger partial charge in [0.2, 0.25) is 0 Å². The average Bonchev–Trinajstić information content (AvgIpc) is 3.32. The summed E-state index contributed by atoms with van der Waals surface area (Å²) in [5, 5.41) is 15.0. The Hall–Kier alpha value is -2.80. The summed E-state index contributed by atoms with van der Waals surface area (Å²) in [4.78, 5) is 15.3. The maximum absolute atomic E-state index is 8.36. The molecule has 1 fully saturated rings. The van der Waals surface area contributed by atoms with Crippen LogP contribution in [-0.2, 0) is 4.79 Å². The number of benzene rings is 1. The highest BCUT2D eigenvalue weighted by Gasteiger charge is 2.19. The van der Waals surface area contributed by atoms with Gasteiger partial charge in [-0.2, -0.15) is 0 Å². The molecule has 7 nitrogen and oxygen atoms in total. The number of hydrogen-bond donors (Lipinski definition) is 1. The van der Waals surface area contributed by atoms with Gasteiger partial charge in [-0.05, 0) is 57.0 Å². The molecule has 0 bridgehead atoms. The number of aromatic nitrogens is 4. The molecule has 1 aromatic carbocycles. The molecule has 3 aromatic rings. The number of aryl methyl sites for hydroxylation is 1. The van der Waals surface area contributed by atoms with Crippen LogP contribution in [-0.4, -0.2) is 49.2 Å². The number of carbonyl (C=O) groups is 1. The third kappa shape index (κ3) is 3.72. The van der Waals surface area contributed by atoms with Crippen LogP contribution < -0.4 is 0 Å². The summed E-state index contributed by atoms with van der Waals surface area (Å²) in [7, 11) is 0. The zero-order valence-electron chi connectivity index (χ0n) is 15.0. The smallest absolute Gasteiger partial charge is 0.290 e. The molecule has 1 aliphatic rings. The molecule has 1 atom stereocenters. The molecule has 26 heavy (non-hydrogen) atoms. The van der Waals surface area contributed by atoms with E-state index in [1.54, 1.807) is 0 Å². The second kappa shape index (κ2) is 8.05. The lowest BCUT2D eigenvalue weighted by Crippen LogP contribution is -2.23. The molecule has 0 saturated carbocycles. The van der Waals surface area contributed by atoms with E-state index in [0.29, 0.717) is 11.8 Å². The van der Waals surface area contributed by atoms with Gasteiger partial charge in [0.15, 0.2) is 0 Å². The summed E-state index contributed by atoms with van der Waals surface area (Å²) >= 11 is 0. The van der Waals surface area contributed by atoms with E-state index in [-0.39, 0.29) is 6.47 Å². The van der Waals surface area contributed by atoms with Gasteiger partial charge >= 0.3 is 0 Å². The van der Waals surface area contributed by atoms with Gasteiger partial charge in [0.05, 0.1) is 0 Å². The normalized spacial score (nSPS) is 15.5. The van der Waals surface area contributed by atoms with Crippen LogP contribution in [0.1, 0.15) is 37.2 Å². The number of nitrogens with zero attached hydrogens (tertiary/aromatic N) is 5. The largest absolute Gasteiger partial charge is 0.483 e. The lowest BCUT2D eigenvalue weighted by atomic mass is 10.0. The van der Waals surface area contributed by atoms with Crippen LogP contribution in [0.25, 0.3) is 16.9 Å². The minimum absolute atomic E-state index is 0.250. The van der Waals surface area contributed by atoms with Crippen molar-refractivity contribution in [3.63, 3.8) is 0 Å². The van der Waals surface area contributed by atoms with E-state index < -0.39 is 0 Å². The SMILES string of the molecule is Cc1nnc2ncc(-c3cccc(C(C)N4CCCC4)c3)cn12.O=CO. The fraction of sp³-hybridized carbons (Fsp3) is 0.368. The van der Waals surface area contributed by atoms with Gasteiger partial charge in [-0.15, -0.1) is 10.2 Å². The maximum Gasteiger partial charge on any atom is 0.290 e. The molecule has 1 N–H and O–H groups in total. The fourth-order valence-corrected chi connectivity index (χ4v) is 3.36. The first-order valence-electron chi connectivity index (χ1n) is 8.73. The van der Waals surface area contributed by atoms with Crippen LogP contribution in [0.2, 0.25) is 0 Å². The fourth-order valence-electron chi connectivity index (χ4n) is 3.36. The quantitative estimate of drug-likeness (QED) is 0.729. The van der Waals surface area contributed by atoms with Crippen molar-refractivity contribution in [1.29, 1.82) is 0 Å². The van der Waals surface area contributed by atoms with Gasteiger partial charge in [0.25, 0.3) is 12.2 Å². The minimum Gasteiger partial charge on any atom is -0.483 e. The third-order valence-electron chi connectivity index (χ3n) is 4.83. The standard InChI is InChI=1S/C18H21N5.CH2O2/c1-13(22-8-3-4-9-22)15-6-5-7-16(10-15)17-11-19-18-21-20-14(2)23(18)12-17;2-1-3/h5-7,10-13H,3-4,8-9H2,1-2H3;1H,(H,2,3). The molecule has 3 heterocycles. The summed E-state index contributed by atoms with van der Waals surface area (Å²) in [5.41, 5.74) is 3.65. The van der Waals surface area contributed by atoms with Crippen LogP contribution >= 0.6 is 0 Å². The second-order valence-electron chi connectivity index (χ2n) is 6.41. The first-order valence-corrected chi connectivity index (χ1v) is 8.73. The molecule has 4 rings (SSSR count). The lowest BCUT2D eigenvalue weighted by molar-refractivity contribution is -0.122. The summed E-state index contributed by atoms with van der Waals surface area (Å²) < 4.78 is 1.94. The zero-order chi connectivity index (χ0) is 18.5. The molecular formula is C19H23N5O2. The molecule has 0 aliphatic carbocycles. The Bertz CT molecular complexity index is 887. The Morgan fingerprint density at radius 3 is 2.65 bits per heavy atom. The number of rotatable bonds is 3. The molecule has 1 saturated heterocycles. The Labute approximate surface area is 152 Å². The zero-order valence-corrected chi connectivity index (χ0v) is 15.0. The van der Waals surface area contributed by atoms with Crippen molar-refractivity contribution in [3.8, 4) is 11.1 Å². The molecule has 0 spiro atoms. The number of hydrogen-bond acceptors (Lipinski definition) is 5. The Morgan fingerprint density at radius 1 is 1.19 bits per heavy atom. The first kappa shape index (κ1) is 18.0. The van der Waals surface area contributed by atoms with Crippen LogP contribution in [0.15, 0.2) is 36.7 Å². The van der Waals surface area contributed by atoms with E-state index in [2.05, 4.69) is 57.5 Å². The summed E-state index contributed by atoms with van der Waals surface area (Å²) in [5.74, 6) is 1.50. The molecule has 1 unspecified atom stereocenters. The van der Waals surface area contributed by atoms with Crippen molar-refractivity contribution >= 4 is 12.2 Å². The lowest BCUT2D eigenvalue weighted by Gasteiger charge is -2.24. The van der Waals surface area contributed by atoms with E-state index in [1.807, 2.05) is 17.5 Å². The predicted octanol–water partition coefficient (Wildman–Crippen LogP) is 2.96. The van der Waals surface area contributed by atoms with Crippen molar-refractivity contribution in [2.45, 2.75) is 32.7 Å². The summed E-state index contributed by atoms with van der Waals surface area (Å²) in [6, 6.07) is 9.25.